The zero-order chi connectivity index (χ0) is 11.0. The van der Waals surface area contributed by atoms with Gasteiger partial charge < -0.3 is 4.79 Å². The lowest BCUT2D eigenvalue weighted by atomic mass is 9.95. The fraction of sp³-hybridized carbons (Fsp3) is 0.231. The van der Waals surface area contributed by atoms with Crippen molar-refractivity contribution in [1.82, 2.24) is 10.2 Å². The van der Waals surface area contributed by atoms with E-state index in [1.807, 2.05) is 30.3 Å². The summed E-state index contributed by atoms with van der Waals surface area (Å²) in [7, 11) is 0. The van der Waals surface area contributed by atoms with E-state index < -0.39 is 0 Å². The van der Waals surface area contributed by atoms with Gasteiger partial charge in [0.1, 0.15) is 6.29 Å². The van der Waals surface area contributed by atoms with Crippen LogP contribution in [-0.4, -0.2) is 16.5 Å². The van der Waals surface area contributed by atoms with Gasteiger partial charge in [-0.1, -0.05) is 30.3 Å². The molecule has 0 spiro atoms. The van der Waals surface area contributed by atoms with Gasteiger partial charge in [0.25, 0.3) is 0 Å². The molecule has 1 N–H and O–H groups in total. The summed E-state index contributed by atoms with van der Waals surface area (Å²) in [5.74, 6) is 0. The van der Waals surface area contributed by atoms with Crippen molar-refractivity contribution in [3.05, 3.63) is 42.1 Å². The predicted molar refractivity (Wildman–Crippen MR) is 61.0 cm³/mol. The van der Waals surface area contributed by atoms with Crippen LogP contribution in [0.25, 0.3) is 11.3 Å². The number of rotatable bonds is 3. The largest absolute Gasteiger partial charge is 0.302 e. The smallest absolute Gasteiger partial charge is 0.130 e. The van der Waals surface area contributed by atoms with E-state index in [4.69, 9.17) is 0 Å². The summed E-state index contributed by atoms with van der Waals surface area (Å²) in [5, 5.41) is 7.06. The molecule has 0 radical (unpaired) electrons. The van der Waals surface area contributed by atoms with E-state index in [0.29, 0.717) is 0 Å². The fourth-order valence-corrected chi connectivity index (χ4v) is 2.07. The number of aromatic amines is 1. The van der Waals surface area contributed by atoms with Gasteiger partial charge in [0, 0.05) is 5.56 Å². The van der Waals surface area contributed by atoms with Crippen LogP contribution in [0.3, 0.4) is 0 Å². The molecule has 0 atom stereocenters. The van der Waals surface area contributed by atoms with Crippen LogP contribution in [-0.2, 0) is 10.2 Å². The molecular weight excluding hydrogens is 200 g/mol. The van der Waals surface area contributed by atoms with Crippen LogP contribution in [0.15, 0.2) is 36.5 Å². The molecule has 3 nitrogen and oxygen atoms in total. The summed E-state index contributed by atoms with van der Waals surface area (Å²) in [5.41, 5.74) is 2.83. The first kappa shape index (κ1) is 9.33. The quantitative estimate of drug-likeness (QED) is 0.793. The molecule has 80 valence electrons. The van der Waals surface area contributed by atoms with Gasteiger partial charge in [-0.3, -0.25) is 5.10 Å². The van der Waals surface area contributed by atoms with Gasteiger partial charge in [0.05, 0.1) is 17.3 Å². The van der Waals surface area contributed by atoms with E-state index in [9.17, 15) is 4.79 Å². The second-order valence-corrected chi connectivity index (χ2v) is 4.30. The first-order valence-electron chi connectivity index (χ1n) is 5.41. The third kappa shape index (κ3) is 1.28. The van der Waals surface area contributed by atoms with Crippen molar-refractivity contribution in [2.24, 2.45) is 0 Å². The van der Waals surface area contributed by atoms with E-state index in [1.165, 1.54) is 0 Å². The highest BCUT2D eigenvalue weighted by atomic mass is 16.1. The second-order valence-electron chi connectivity index (χ2n) is 4.30. The van der Waals surface area contributed by atoms with Gasteiger partial charge in [0.2, 0.25) is 0 Å². The molecule has 16 heavy (non-hydrogen) atoms. The summed E-state index contributed by atoms with van der Waals surface area (Å²) < 4.78 is 0. The number of H-pyrrole nitrogens is 1. The van der Waals surface area contributed by atoms with Crippen molar-refractivity contribution in [3.63, 3.8) is 0 Å². The van der Waals surface area contributed by atoms with Gasteiger partial charge in [0.15, 0.2) is 0 Å². The molecule has 0 amide bonds. The average molecular weight is 212 g/mol. The summed E-state index contributed by atoms with van der Waals surface area (Å²) in [6, 6.07) is 10.0. The summed E-state index contributed by atoms with van der Waals surface area (Å²) >= 11 is 0. The van der Waals surface area contributed by atoms with Gasteiger partial charge in [-0.25, -0.2) is 0 Å². The minimum absolute atomic E-state index is 0.266. The zero-order valence-electron chi connectivity index (χ0n) is 8.81. The van der Waals surface area contributed by atoms with Crippen LogP contribution in [0, 0.1) is 0 Å². The molecule has 1 aliphatic carbocycles. The maximum absolute atomic E-state index is 11.1. The molecule has 0 aliphatic heterocycles. The highest BCUT2D eigenvalue weighted by Crippen LogP contribution is 2.48. The third-order valence-corrected chi connectivity index (χ3v) is 3.25. The van der Waals surface area contributed by atoms with Gasteiger partial charge in [-0.15, -0.1) is 0 Å². The summed E-state index contributed by atoms with van der Waals surface area (Å²) in [4.78, 5) is 11.1. The molecular formula is C13H12N2O. The molecule has 1 heterocycles. The Kier molecular flexibility index (Phi) is 1.93. The van der Waals surface area contributed by atoms with Crippen LogP contribution in [0.1, 0.15) is 18.4 Å². The number of hydrogen-bond donors (Lipinski definition) is 1. The Labute approximate surface area is 93.5 Å². The highest BCUT2D eigenvalue weighted by Gasteiger charge is 2.46. The lowest BCUT2D eigenvalue weighted by Crippen LogP contribution is -2.07. The van der Waals surface area contributed by atoms with Crippen LogP contribution in [0.4, 0.5) is 0 Å². The molecule has 2 aromatic rings. The Morgan fingerprint density at radius 3 is 2.62 bits per heavy atom. The Bertz CT molecular complexity index is 512. The van der Waals surface area contributed by atoms with E-state index in [1.54, 1.807) is 6.20 Å². The molecule has 0 saturated heterocycles. The van der Waals surface area contributed by atoms with E-state index >= 15 is 0 Å². The fourth-order valence-electron chi connectivity index (χ4n) is 2.07. The van der Waals surface area contributed by atoms with Crippen LogP contribution in [0.2, 0.25) is 0 Å². The van der Waals surface area contributed by atoms with E-state index in [-0.39, 0.29) is 5.41 Å². The number of aldehydes is 1. The monoisotopic (exact) mass is 212 g/mol. The SMILES string of the molecule is O=CC1(c2cn[nH]c2-c2ccccc2)CC1. The maximum atomic E-state index is 11.1. The number of hydrogen-bond acceptors (Lipinski definition) is 2. The third-order valence-electron chi connectivity index (χ3n) is 3.25. The number of carbonyl (C=O) groups is 1. The van der Waals surface area contributed by atoms with Gasteiger partial charge >= 0.3 is 0 Å². The molecule has 3 rings (SSSR count). The second kappa shape index (κ2) is 3.30. The molecule has 0 unspecified atom stereocenters. The first-order chi connectivity index (χ1) is 7.86. The van der Waals surface area contributed by atoms with Crippen molar-refractivity contribution >= 4 is 6.29 Å². The number of benzene rings is 1. The lowest BCUT2D eigenvalue weighted by molar-refractivity contribution is -0.109. The molecule has 1 aromatic carbocycles. The first-order valence-corrected chi connectivity index (χ1v) is 5.41. The highest BCUT2D eigenvalue weighted by molar-refractivity contribution is 5.78. The van der Waals surface area contributed by atoms with Crippen LogP contribution < -0.4 is 0 Å². The summed E-state index contributed by atoms with van der Waals surface area (Å²) in [6.07, 6.45) is 4.72. The Balaban J connectivity index is 2.10. The Morgan fingerprint density at radius 1 is 1.25 bits per heavy atom. The van der Waals surface area contributed by atoms with Crippen molar-refractivity contribution in [3.8, 4) is 11.3 Å². The van der Waals surface area contributed by atoms with Crippen molar-refractivity contribution in [1.29, 1.82) is 0 Å². The maximum Gasteiger partial charge on any atom is 0.130 e. The molecule has 1 aliphatic rings. The average Bonchev–Trinajstić information content (AvgIpc) is 2.99. The topological polar surface area (TPSA) is 45.8 Å². The van der Waals surface area contributed by atoms with Crippen LogP contribution >= 0.6 is 0 Å². The van der Waals surface area contributed by atoms with Crippen molar-refractivity contribution in [2.75, 3.05) is 0 Å². The van der Waals surface area contributed by atoms with Crippen molar-refractivity contribution < 1.29 is 4.79 Å². The lowest BCUT2D eigenvalue weighted by Gasteiger charge is -2.07. The number of nitrogens with one attached hydrogen (secondary N) is 1. The minimum atomic E-state index is -0.266. The normalized spacial score (nSPS) is 17.0. The van der Waals surface area contributed by atoms with Gasteiger partial charge in [-0.05, 0) is 18.4 Å². The Hall–Kier alpha value is -1.90. The van der Waals surface area contributed by atoms with E-state index in [0.717, 1.165) is 35.9 Å². The van der Waals surface area contributed by atoms with Crippen molar-refractivity contribution in [2.45, 2.75) is 18.3 Å². The molecule has 0 bridgehead atoms. The minimum Gasteiger partial charge on any atom is -0.302 e. The van der Waals surface area contributed by atoms with Crippen LogP contribution in [0.5, 0.6) is 0 Å². The predicted octanol–water partition coefficient (Wildman–Crippen LogP) is 2.31. The number of carbonyl (C=O) groups excluding carboxylic acids is 1. The standard InChI is InChI=1S/C13H12N2O/c16-9-13(6-7-13)11-8-14-15-12(11)10-4-2-1-3-5-10/h1-5,8-9H,6-7H2,(H,14,15). The number of nitrogens with zero attached hydrogens (tertiary/aromatic N) is 1. The molecule has 1 saturated carbocycles. The zero-order valence-corrected chi connectivity index (χ0v) is 8.81. The molecule has 3 heteroatoms. The summed E-state index contributed by atoms with van der Waals surface area (Å²) in [6.45, 7) is 0. The van der Waals surface area contributed by atoms with E-state index in [2.05, 4.69) is 10.2 Å². The Morgan fingerprint density at radius 2 is 2.00 bits per heavy atom. The van der Waals surface area contributed by atoms with Gasteiger partial charge in [-0.2, -0.15) is 5.10 Å². The number of aromatic nitrogens is 2. The molecule has 1 aromatic heterocycles. The molecule has 1 fully saturated rings.